The number of Topliss-reactive ketones (excluding diaryl/α,β-unsaturated/α-hetero) is 1. The highest BCUT2D eigenvalue weighted by Crippen LogP contribution is 2.10. The fourth-order valence-corrected chi connectivity index (χ4v) is 1.23. The molecule has 74 valence electrons. The number of rotatable bonds is 7. The second-order valence-corrected chi connectivity index (χ2v) is 3.12. The minimum absolute atomic E-state index is 0.297. The molecule has 0 N–H and O–H groups in total. The summed E-state index contributed by atoms with van der Waals surface area (Å²) >= 11 is 0. The van der Waals surface area contributed by atoms with Gasteiger partial charge in [0.2, 0.25) is 0 Å². The fraction of sp³-hybridized carbons (Fsp3) is 0.583. The monoisotopic (exact) mass is 180 g/mol. The predicted octanol–water partition coefficient (Wildman–Crippen LogP) is 3.66. The van der Waals surface area contributed by atoms with Crippen LogP contribution < -0.4 is 0 Å². The number of carbonyl (C=O) groups is 1. The summed E-state index contributed by atoms with van der Waals surface area (Å²) in [6.07, 6.45) is 8.46. The van der Waals surface area contributed by atoms with Crippen LogP contribution in [-0.2, 0) is 4.79 Å². The average molecular weight is 180 g/mol. The van der Waals surface area contributed by atoms with Gasteiger partial charge in [0.05, 0.1) is 0 Å². The van der Waals surface area contributed by atoms with Crippen LogP contribution in [-0.4, -0.2) is 5.78 Å². The van der Waals surface area contributed by atoms with Crippen LogP contribution in [0.5, 0.6) is 0 Å². The van der Waals surface area contributed by atoms with Gasteiger partial charge in [-0.05, 0) is 24.8 Å². The summed E-state index contributed by atoms with van der Waals surface area (Å²) in [5.41, 5.74) is 1.01. The normalized spacial score (nSPS) is 11.4. The van der Waals surface area contributed by atoms with Crippen LogP contribution in [0.1, 0.15) is 46.0 Å². The fourth-order valence-electron chi connectivity index (χ4n) is 1.23. The van der Waals surface area contributed by atoms with Crippen LogP contribution in [0.15, 0.2) is 24.3 Å². The second-order valence-electron chi connectivity index (χ2n) is 3.12. The molecule has 0 amide bonds. The van der Waals surface area contributed by atoms with Crippen molar-refractivity contribution in [3.8, 4) is 0 Å². The van der Waals surface area contributed by atoms with Gasteiger partial charge in [-0.2, -0.15) is 0 Å². The maximum atomic E-state index is 11.4. The molecule has 0 rings (SSSR count). The molecule has 0 aromatic carbocycles. The van der Waals surface area contributed by atoms with Gasteiger partial charge < -0.3 is 0 Å². The zero-order chi connectivity index (χ0) is 10.1. The molecule has 1 nitrogen and oxygen atoms in total. The van der Waals surface area contributed by atoms with Crippen molar-refractivity contribution in [2.24, 2.45) is 0 Å². The van der Waals surface area contributed by atoms with Gasteiger partial charge in [-0.25, -0.2) is 0 Å². The molecule has 0 aromatic rings. The first-order valence-corrected chi connectivity index (χ1v) is 5.09. The van der Waals surface area contributed by atoms with Crippen LogP contribution in [0.4, 0.5) is 0 Å². The van der Waals surface area contributed by atoms with E-state index >= 15 is 0 Å². The summed E-state index contributed by atoms with van der Waals surface area (Å²) in [6, 6.07) is 0. The van der Waals surface area contributed by atoms with Crippen molar-refractivity contribution < 1.29 is 4.79 Å². The van der Waals surface area contributed by atoms with E-state index < -0.39 is 0 Å². The Balaban J connectivity index is 4.13. The quantitative estimate of drug-likeness (QED) is 0.332. The van der Waals surface area contributed by atoms with Gasteiger partial charge in [0.25, 0.3) is 0 Å². The Kier molecular flexibility index (Phi) is 7.27. The Morgan fingerprint density at radius 1 is 1.31 bits per heavy atom. The third kappa shape index (κ3) is 5.40. The third-order valence-electron chi connectivity index (χ3n) is 1.96. The third-order valence-corrected chi connectivity index (χ3v) is 1.96. The first-order valence-electron chi connectivity index (χ1n) is 5.09. The zero-order valence-corrected chi connectivity index (χ0v) is 8.81. The summed E-state index contributed by atoms with van der Waals surface area (Å²) < 4.78 is 0. The molecule has 13 heavy (non-hydrogen) atoms. The molecular formula is C12H20O. The minimum Gasteiger partial charge on any atom is -0.295 e. The van der Waals surface area contributed by atoms with Crippen molar-refractivity contribution in [1.29, 1.82) is 0 Å². The number of unbranched alkanes of at least 4 members (excludes halogenated alkanes) is 1. The maximum absolute atomic E-state index is 11.4. The van der Waals surface area contributed by atoms with E-state index in [4.69, 9.17) is 0 Å². The summed E-state index contributed by atoms with van der Waals surface area (Å²) in [4.78, 5) is 11.4. The molecule has 0 saturated carbocycles. The van der Waals surface area contributed by atoms with Crippen molar-refractivity contribution in [3.63, 3.8) is 0 Å². The van der Waals surface area contributed by atoms with Gasteiger partial charge in [0.15, 0.2) is 5.78 Å². The van der Waals surface area contributed by atoms with E-state index in [1.807, 2.05) is 13.0 Å². The first kappa shape index (κ1) is 12.2. The minimum atomic E-state index is 0.297. The van der Waals surface area contributed by atoms with E-state index in [1.54, 1.807) is 0 Å². The molecule has 0 aliphatic carbocycles. The summed E-state index contributed by atoms with van der Waals surface area (Å²) in [5, 5.41) is 0. The van der Waals surface area contributed by atoms with Gasteiger partial charge in [0.1, 0.15) is 0 Å². The van der Waals surface area contributed by atoms with Crippen molar-refractivity contribution in [1.82, 2.24) is 0 Å². The standard InChI is InChI=1S/C12H20O/c1-4-7-8-10-11(9-5-2)12(13)6-3/h4,10H,1,5-9H2,2-3H3. The van der Waals surface area contributed by atoms with Crippen molar-refractivity contribution in [3.05, 3.63) is 24.3 Å². The molecule has 0 atom stereocenters. The Bertz CT molecular complexity index is 189. The Labute approximate surface area is 81.5 Å². The lowest BCUT2D eigenvalue weighted by atomic mass is 10.0. The maximum Gasteiger partial charge on any atom is 0.158 e. The van der Waals surface area contributed by atoms with E-state index in [2.05, 4.69) is 19.6 Å². The van der Waals surface area contributed by atoms with Crippen LogP contribution in [0.2, 0.25) is 0 Å². The SMILES string of the molecule is C=CCCC=C(CCC)C(=O)CC. The highest BCUT2D eigenvalue weighted by Gasteiger charge is 2.04. The molecule has 0 unspecified atom stereocenters. The van der Waals surface area contributed by atoms with E-state index in [0.29, 0.717) is 12.2 Å². The number of hydrogen-bond acceptors (Lipinski definition) is 1. The molecule has 0 aliphatic rings. The van der Waals surface area contributed by atoms with Crippen molar-refractivity contribution in [2.75, 3.05) is 0 Å². The highest BCUT2D eigenvalue weighted by molar-refractivity contribution is 5.94. The molecule has 0 spiro atoms. The Morgan fingerprint density at radius 2 is 2.00 bits per heavy atom. The second kappa shape index (κ2) is 7.78. The number of carbonyl (C=O) groups excluding carboxylic acids is 1. The zero-order valence-electron chi connectivity index (χ0n) is 8.81. The molecule has 0 aromatic heterocycles. The lowest BCUT2D eigenvalue weighted by Crippen LogP contribution is -2.00. The first-order chi connectivity index (χ1) is 6.26. The molecule has 0 fully saturated rings. The van der Waals surface area contributed by atoms with Gasteiger partial charge in [-0.3, -0.25) is 4.79 Å². The number of hydrogen-bond donors (Lipinski definition) is 0. The van der Waals surface area contributed by atoms with Gasteiger partial charge in [-0.1, -0.05) is 32.4 Å². The largest absolute Gasteiger partial charge is 0.295 e. The Morgan fingerprint density at radius 3 is 2.46 bits per heavy atom. The number of allylic oxidation sites excluding steroid dienone is 3. The molecular weight excluding hydrogens is 160 g/mol. The summed E-state index contributed by atoms with van der Waals surface area (Å²) in [5.74, 6) is 0.297. The molecule has 0 heterocycles. The smallest absolute Gasteiger partial charge is 0.158 e. The molecule has 0 bridgehead atoms. The molecule has 0 saturated heterocycles. The van der Waals surface area contributed by atoms with Gasteiger partial charge in [-0.15, -0.1) is 6.58 Å². The summed E-state index contributed by atoms with van der Waals surface area (Å²) in [7, 11) is 0. The van der Waals surface area contributed by atoms with Crippen LogP contribution in [0.25, 0.3) is 0 Å². The van der Waals surface area contributed by atoms with Crippen LogP contribution in [0, 0.1) is 0 Å². The van der Waals surface area contributed by atoms with E-state index in [1.165, 1.54) is 0 Å². The Hall–Kier alpha value is -0.850. The van der Waals surface area contributed by atoms with Gasteiger partial charge >= 0.3 is 0 Å². The van der Waals surface area contributed by atoms with Crippen LogP contribution in [0.3, 0.4) is 0 Å². The molecule has 0 aliphatic heterocycles. The van der Waals surface area contributed by atoms with Gasteiger partial charge in [0, 0.05) is 6.42 Å². The lowest BCUT2D eigenvalue weighted by molar-refractivity contribution is -0.115. The van der Waals surface area contributed by atoms with E-state index in [9.17, 15) is 4.79 Å². The van der Waals surface area contributed by atoms with Crippen molar-refractivity contribution >= 4 is 5.78 Å². The highest BCUT2D eigenvalue weighted by atomic mass is 16.1. The number of ketones is 1. The molecule has 1 heteroatoms. The summed E-state index contributed by atoms with van der Waals surface area (Å²) in [6.45, 7) is 7.67. The molecule has 0 radical (unpaired) electrons. The average Bonchev–Trinajstić information content (AvgIpc) is 2.16. The lowest BCUT2D eigenvalue weighted by Gasteiger charge is -2.02. The van der Waals surface area contributed by atoms with Crippen LogP contribution >= 0.6 is 0 Å². The van der Waals surface area contributed by atoms with E-state index in [-0.39, 0.29) is 0 Å². The van der Waals surface area contributed by atoms with E-state index in [0.717, 1.165) is 31.3 Å². The van der Waals surface area contributed by atoms with Crippen molar-refractivity contribution in [2.45, 2.75) is 46.0 Å². The topological polar surface area (TPSA) is 17.1 Å². The predicted molar refractivity (Wildman–Crippen MR) is 57.7 cm³/mol.